The lowest BCUT2D eigenvalue weighted by atomic mass is 9.96. The van der Waals surface area contributed by atoms with Crippen LogP contribution in [0.3, 0.4) is 0 Å². The van der Waals surface area contributed by atoms with Gasteiger partial charge in [-0.1, -0.05) is 54.6 Å². The van der Waals surface area contributed by atoms with Crippen LogP contribution < -0.4 is 0 Å². The number of ether oxygens (including phenoxy) is 1. The molecule has 1 amide bonds. The molecule has 2 saturated heterocycles. The summed E-state index contributed by atoms with van der Waals surface area (Å²) in [6.45, 7) is 6.99. The molecule has 0 radical (unpaired) electrons. The van der Waals surface area contributed by atoms with Crippen LogP contribution >= 0.6 is 0 Å². The van der Waals surface area contributed by atoms with Gasteiger partial charge in [0, 0.05) is 42.8 Å². The van der Waals surface area contributed by atoms with E-state index < -0.39 is 0 Å². The Hall–Kier alpha value is -3.54. The number of amides is 1. The monoisotopic (exact) mass is 463 g/mol. The number of hydrogen-bond donors (Lipinski definition) is 0. The molecule has 2 aliphatic rings. The van der Waals surface area contributed by atoms with E-state index >= 15 is 0 Å². The molecule has 2 fully saturated rings. The Labute approximate surface area is 206 Å². The predicted molar refractivity (Wildman–Crippen MR) is 139 cm³/mol. The Kier molecular flexibility index (Phi) is 5.80. The van der Waals surface area contributed by atoms with Crippen molar-refractivity contribution in [3.8, 4) is 22.3 Å². The first-order valence-corrected chi connectivity index (χ1v) is 12.3. The Morgan fingerprint density at radius 2 is 1.51 bits per heavy atom. The van der Waals surface area contributed by atoms with Crippen LogP contribution in [-0.2, 0) is 4.74 Å². The van der Waals surface area contributed by atoms with Gasteiger partial charge in [0.15, 0.2) is 0 Å². The number of piperazine rings is 1. The average molecular weight is 464 g/mol. The van der Waals surface area contributed by atoms with Gasteiger partial charge in [-0.3, -0.25) is 14.7 Å². The Morgan fingerprint density at radius 3 is 2.20 bits per heavy atom. The summed E-state index contributed by atoms with van der Waals surface area (Å²) >= 11 is 0. The molecule has 0 unspecified atom stereocenters. The third-order valence-electron chi connectivity index (χ3n) is 7.23. The van der Waals surface area contributed by atoms with Crippen LogP contribution in [0.4, 0.5) is 0 Å². The van der Waals surface area contributed by atoms with Crippen LogP contribution in [0.15, 0.2) is 78.9 Å². The summed E-state index contributed by atoms with van der Waals surface area (Å²) < 4.78 is 5.33. The number of rotatable bonds is 4. The van der Waals surface area contributed by atoms with Gasteiger partial charge < -0.3 is 9.64 Å². The molecule has 5 nitrogen and oxygen atoms in total. The van der Waals surface area contributed by atoms with Crippen molar-refractivity contribution in [3.05, 3.63) is 90.1 Å². The molecule has 0 atom stereocenters. The Balaban J connectivity index is 1.29. The van der Waals surface area contributed by atoms with E-state index in [0.29, 0.717) is 6.04 Å². The smallest absolute Gasteiger partial charge is 0.253 e. The van der Waals surface area contributed by atoms with E-state index in [1.54, 1.807) is 0 Å². The highest BCUT2D eigenvalue weighted by molar-refractivity contribution is 6.02. The first-order valence-electron chi connectivity index (χ1n) is 12.3. The molecule has 176 valence electrons. The van der Waals surface area contributed by atoms with Crippen molar-refractivity contribution >= 4 is 16.8 Å². The minimum atomic E-state index is 0.0994. The fourth-order valence-electron chi connectivity index (χ4n) is 5.11. The zero-order valence-electron chi connectivity index (χ0n) is 20.0. The van der Waals surface area contributed by atoms with Gasteiger partial charge in [-0.2, -0.15) is 0 Å². The maximum atomic E-state index is 13.4. The molecule has 3 aromatic carbocycles. The van der Waals surface area contributed by atoms with Crippen LogP contribution in [0.25, 0.3) is 33.2 Å². The third-order valence-corrected chi connectivity index (χ3v) is 7.23. The highest BCUT2D eigenvalue weighted by Crippen LogP contribution is 2.31. The number of carbonyl (C=O) groups is 1. The van der Waals surface area contributed by atoms with E-state index in [0.717, 1.165) is 72.7 Å². The molecule has 0 N–H and O–H groups in total. The van der Waals surface area contributed by atoms with Crippen LogP contribution in [0, 0.1) is 6.92 Å². The molecule has 0 saturated carbocycles. The second kappa shape index (κ2) is 9.25. The summed E-state index contributed by atoms with van der Waals surface area (Å²) in [5, 5.41) is 1.01. The van der Waals surface area contributed by atoms with Crippen molar-refractivity contribution in [1.82, 2.24) is 14.8 Å². The number of benzene rings is 3. The minimum Gasteiger partial charge on any atom is -0.378 e. The summed E-state index contributed by atoms with van der Waals surface area (Å²) in [5.41, 5.74) is 7.23. The van der Waals surface area contributed by atoms with Gasteiger partial charge in [0.05, 0.1) is 24.8 Å². The third kappa shape index (κ3) is 4.33. The lowest BCUT2D eigenvalue weighted by Crippen LogP contribution is -2.57. The van der Waals surface area contributed by atoms with Gasteiger partial charge >= 0.3 is 0 Å². The van der Waals surface area contributed by atoms with Gasteiger partial charge in [-0.05, 0) is 53.4 Å². The lowest BCUT2D eigenvalue weighted by molar-refractivity contribution is -0.0746. The molecule has 6 rings (SSSR count). The summed E-state index contributed by atoms with van der Waals surface area (Å²) in [7, 11) is 0. The molecule has 1 aromatic heterocycles. The number of nitrogens with zero attached hydrogens (tertiary/aromatic N) is 3. The molecule has 0 bridgehead atoms. The van der Waals surface area contributed by atoms with Crippen molar-refractivity contribution in [2.45, 2.75) is 13.0 Å². The van der Waals surface area contributed by atoms with E-state index in [-0.39, 0.29) is 5.91 Å². The van der Waals surface area contributed by atoms with E-state index in [1.165, 1.54) is 11.1 Å². The Bertz CT molecular complexity index is 1360. The molecule has 3 heterocycles. The van der Waals surface area contributed by atoms with E-state index in [1.807, 2.05) is 36.1 Å². The molecule has 5 heteroatoms. The number of aromatic nitrogens is 1. The van der Waals surface area contributed by atoms with Gasteiger partial charge in [-0.15, -0.1) is 0 Å². The second-order valence-corrected chi connectivity index (χ2v) is 9.51. The quantitative estimate of drug-likeness (QED) is 0.426. The summed E-state index contributed by atoms with van der Waals surface area (Å²) in [5.74, 6) is 0.0994. The first-order chi connectivity index (χ1) is 17.2. The van der Waals surface area contributed by atoms with Crippen LogP contribution in [-0.4, -0.2) is 66.1 Å². The van der Waals surface area contributed by atoms with E-state index in [2.05, 4.69) is 59.5 Å². The van der Waals surface area contributed by atoms with Crippen molar-refractivity contribution in [1.29, 1.82) is 0 Å². The topological polar surface area (TPSA) is 45.7 Å². The predicted octanol–water partition coefficient (Wildman–Crippen LogP) is 5.03. The number of hydrogen-bond acceptors (Lipinski definition) is 4. The zero-order chi connectivity index (χ0) is 23.8. The molecule has 4 aromatic rings. The summed E-state index contributed by atoms with van der Waals surface area (Å²) in [6.07, 6.45) is 0. The molecular formula is C30H29N3O2. The fourth-order valence-corrected chi connectivity index (χ4v) is 5.11. The maximum absolute atomic E-state index is 13.4. The SMILES string of the molecule is Cc1cc(-c2ccc(-c3ccccc3)cc2)c2cc(C(=O)N3CCN(C4COC4)CC3)ccc2n1. The standard InChI is InChI=1S/C30H29N3O2/c1-21-17-27(24-9-7-23(8-10-24)22-5-3-2-4-6-22)28-18-25(11-12-29(28)31-21)30(34)33-15-13-32(14-16-33)26-19-35-20-26/h2-12,17-18,26H,13-16,19-20H2,1H3. The molecular weight excluding hydrogens is 434 g/mol. The maximum Gasteiger partial charge on any atom is 0.253 e. The van der Waals surface area contributed by atoms with Gasteiger partial charge in [0.2, 0.25) is 0 Å². The number of pyridine rings is 1. The molecule has 0 spiro atoms. The van der Waals surface area contributed by atoms with E-state index in [4.69, 9.17) is 9.72 Å². The van der Waals surface area contributed by atoms with Gasteiger partial charge in [0.25, 0.3) is 5.91 Å². The van der Waals surface area contributed by atoms with Crippen molar-refractivity contribution < 1.29 is 9.53 Å². The first kappa shape index (κ1) is 22.0. The van der Waals surface area contributed by atoms with Crippen LogP contribution in [0.1, 0.15) is 16.1 Å². The van der Waals surface area contributed by atoms with Gasteiger partial charge in [-0.25, -0.2) is 0 Å². The number of fused-ring (bicyclic) bond motifs is 1. The molecule has 2 aliphatic heterocycles. The number of carbonyl (C=O) groups excluding carboxylic acids is 1. The fraction of sp³-hybridized carbons (Fsp3) is 0.267. The van der Waals surface area contributed by atoms with E-state index in [9.17, 15) is 4.79 Å². The molecule has 0 aliphatic carbocycles. The van der Waals surface area contributed by atoms with Crippen LogP contribution in [0.2, 0.25) is 0 Å². The lowest BCUT2D eigenvalue weighted by Gasteiger charge is -2.42. The Morgan fingerprint density at radius 1 is 0.829 bits per heavy atom. The normalized spacial score (nSPS) is 16.9. The largest absolute Gasteiger partial charge is 0.378 e. The number of aryl methyl sites for hydroxylation is 1. The molecule has 35 heavy (non-hydrogen) atoms. The highest BCUT2D eigenvalue weighted by Gasteiger charge is 2.30. The highest BCUT2D eigenvalue weighted by atomic mass is 16.5. The minimum absolute atomic E-state index is 0.0994. The van der Waals surface area contributed by atoms with Crippen molar-refractivity contribution in [2.75, 3.05) is 39.4 Å². The van der Waals surface area contributed by atoms with Crippen molar-refractivity contribution in [3.63, 3.8) is 0 Å². The van der Waals surface area contributed by atoms with Crippen LogP contribution in [0.5, 0.6) is 0 Å². The average Bonchev–Trinajstić information content (AvgIpc) is 2.88. The summed E-state index contributed by atoms with van der Waals surface area (Å²) in [6, 6.07) is 27.6. The van der Waals surface area contributed by atoms with Crippen molar-refractivity contribution in [2.24, 2.45) is 0 Å². The zero-order valence-corrected chi connectivity index (χ0v) is 20.0. The summed E-state index contributed by atoms with van der Waals surface area (Å²) in [4.78, 5) is 22.5. The van der Waals surface area contributed by atoms with Gasteiger partial charge in [0.1, 0.15) is 0 Å². The second-order valence-electron chi connectivity index (χ2n) is 9.51.